The second kappa shape index (κ2) is 7.13. The van der Waals surface area contributed by atoms with Crippen LogP contribution in [0.4, 0.5) is 0 Å². The van der Waals surface area contributed by atoms with Crippen LogP contribution >= 0.6 is 0 Å². The van der Waals surface area contributed by atoms with Crippen molar-refractivity contribution < 1.29 is 26.0 Å². The highest BCUT2D eigenvalue weighted by atomic mass is 32.2. The lowest BCUT2D eigenvalue weighted by atomic mass is 10.4. The Morgan fingerprint density at radius 2 is 1.75 bits per heavy atom. The van der Waals surface area contributed by atoms with E-state index in [2.05, 4.69) is 10.0 Å². The Hall–Kier alpha value is -2.21. The van der Waals surface area contributed by atoms with Crippen molar-refractivity contribution in [3.63, 3.8) is 0 Å². The number of nitrogens with one attached hydrogen (secondary N) is 2. The molecule has 0 radical (unpaired) electrons. The number of amides is 1. The summed E-state index contributed by atoms with van der Waals surface area (Å²) in [4.78, 5) is 11.0. The topological polar surface area (TPSA) is 149 Å². The van der Waals surface area contributed by atoms with Gasteiger partial charge < -0.3 is 9.73 Å². The van der Waals surface area contributed by atoms with Gasteiger partial charge in [-0.25, -0.2) is 26.7 Å². The van der Waals surface area contributed by atoms with Crippen molar-refractivity contribution in [2.24, 2.45) is 5.14 Å². The van der Waals surface area contributed by atoms with Gasteiger partial charge in [0.2, 0.25) is 20.0 Å². The normalized spacial score (nSPS) is 12.0. The van der Waals surface area contributed by atoms with Crippen molar-refractivity contribution in [3.05, 3.63) is 48.4 Å². The van der Waals surface area contributed by atoms with Gasteiger partial charge >= 0.3 is 0 Å². The van der Waals surface area contributed by atoms with Crippen LogP contribution < -0.4 is 15.2 Å². The van der Waals surface area contributed by atoms with E-state index < -0.39 is 26.0 Å². The first-order chi connectivity index (χ1) is 11.2. The number of furan rings is 1. The van der Waals surface area contributed by atoms with E-state index in [1.54, 1.807) is 6.07 Å². The fourth-order valence-corrected chi connectivity index (χ4v) is 3.47. The summed E-state index contributed by atoms with van der Waals surface area (Å²) in [6.07, 6.45) is 1.34. The predicted molar refractivity (Wildman–Crippen MR) is 84.0 cm³/mol. The fraction of sp³-hybridized carbons (Fsp3) is 0.154. The van der Waals surface area contributed by atoms with Gasteiger partial charge in [0.1, 0.15) is 0 Å². The summed E-state index contributed by atoms with van der Waals surface area (Å²) in [6, 6.07) is 7.68. The molecule has 130 valence electrons. The molecule has 11 heteroatoms. The number of benzene rings is 1. The molecule has 0 atom stereocenters. The molecule has 9 nitrogen and oxygen atoms in total. The van der Waals surface area contributed by atoms with Crippen molar-refractivity contribution in [1.29, 1.82) is 0 Å². The Kier molecular flexibility index (Phi) is 5.39. The molecule has 0 fully saturated rings. The molecule has 0 saturated heterocycles. The van der Waals surface area contributed by atoms with Crippen LogP contribution in [0.2, 0.25) is 0 Å². The van der Waals surface area contributed by atoms with E-state index in [1.165, 1.54) is 30.5 Å². The van der Waals surface area contributed by atoms with E-state index >= 15 is 0 Å². The number of hydrogen-bond donors (Lipinski definition) is 3. The van der Waals surface area contributed by atoms with Crippen LogP contribution in [0.3, 0.4) is 0 Å². The van der Waals surface area contributed by atoms with E-state index in [9.17, 15) is 21.6 Å². The van der Waals surface area contributed by atoms with Crippen LogP contribution in [0.1, 0.15) is 10.6 Å². The molecule has 0 aliphatic carbocycles. The zero-order chi connectivity index (χ0) is 17.8. The van der Waals surface area contributed by atoms with Gasteiger partial charge in [-0.2, -0.15) is 0 Å². The quantitative estimate of drug-likeness (QED) is 0.564. The highest BCUT2D eigenvalue weighted by Gasteiger charge is 2.17. The van der Waals surface area contributed by atoms with Gasteiger partial charge in [-0.1, -0.05) is 6.07 Å². The maximum absolute atomic E-state index is 12.1. The van der Waals surface area contributed by atoms with Gasteiger partial charge in [-0.15, -0.1) is 0 Å². The zero-order valence-corrected chi connectivity index (χ0v) is 13.9. The number of primary sulfonamides is 1. The molecule has 1 heterocycles. The highest BCUT2D eigenvalue weighted by Crippen LogP contribution is 2.14. The number of sulfonamides is 2. The predicted octanol–water partition coefficient (Wildman–Crippen LogP) is -0.365. The lowest BCUT2D eigenvalue weighted by Gasteiger charge is -2.08. The Balaban J connectivity index is 1.96. The van der Waals surface area contributed by atoms with Gasteiger partial charge in [0.25, 0.3) is 5.91 Å². The summed E-state index contributed by atoms with van der Waals surface area (Å²) in [6.45, 7) is -0.0674. The number of carbonyl (C=O) groups is 1. The zero-order valence-electron chi connectivity index (χ0n) is 12.3. The molecular formula is C13H15N3O6S2. The third-order valence-electron chi connectivity index (χ3n) is 2.89. The Labute approximate surface area is 139 Å². The van der Waals surface area contributed by atoms with E-state index in [4.69, 9.17) is 9.56 Å². The summed E-state index contributed by atoms with van der Waals surface area (Å²) in [5, 5.41) is 7.44. The SMILES string of the molecule is NS(=O)(=O)c1cccc(S(=O)(=O)NCCNC(=O)c2ccco2)c1. The first kappa shape index (κ1) is 18.1. The van der Waals surface area contributed by atoms with Crippen molar-refractivity contribution in [1.82, 2.24) is 10.0 Å². The smallest absolute Gasteiger partial charge is 0.287 e. The minimum absolute atomic E-state index is 0.0215. The molecule has 4 N–H and O–H groups in total. The maximum Gasteiger partial charge on any atom is 0.287 e. The largest absolute Gasteiger partial charge is 0.459 e. The molecule has 0 spiro atoms. The molecule has 24 heavy (non-hydrogen) atoms. The monoisotopic (exact) mass is 373 g/mol. The highest BCUT2D eigenvalue weighted by molar-refractivity contribution is 7.90. The molecular weight excluding hydrogens is 358 g/mol. The third-order valence-corrected chi connectivity index (χ3v) is 5.26. The van der Waals surface area contributed by atoms with Gasteiger partial charge in [0.15, 0.2) is 5.76 Å². The van der Waals surface area contributed by atoms with Crippen LogP contribution in [0, 0.1) is 0 Å². The lowest BCUT2D eigenvalue weighted by molar-refractivity contribution is 0.0926. The number of rotatable bonds is 7. The van der Waals surface area contributed by atoms with Crippen molar-refractivity contribution in [2.45, 2.75) is 9.79 Å². The van der Waals surface area contributed by atoms with Crippen molar-refractivity contribution in [2.75, 3.05) is 13.1 Å². The van der Waals surface area contributed by atoms with Crippen LogP contribution in [-0.2, 0) is 20.0 Å². The molecule has 1 amide bonds. The Morgan fingerprint density at radius 1 is 1.04 bits per heavy atom. The Morgan fingerprint density at radius 3 is 2.38 bits per heavy atom. The van der Waals surface area contributed by atoms with E-state index in [0.717, 1.165) is 6.07 Å². The summed E-state index contributed by atoms with van der Waals surface area (Å²) < 4.78 is 53.9. The first-order valence-electron chi connectivity index (χ1n) is 6.64. The average Bonchev–Trinajstić information content (AvgIpc) is 3.05. The third kappa shape index (κ3) is 4.64. The lowest BCUT2D eigenvalue weighted by Crippen LogP contribution is -2.34. The molecule has 0 saturated carbocycles. The van der Waals surface area contributed by atoms with Crippen molar-refractivity contribution in [3.8, 4) is 0 Å². The second-order valence-electron chi connectivity index (χ2n) is 4.65. The number of nitrogens with two attached hydrogens (primary N) is 1. The molecule has 2 rings (SSSR count). The molecule has 0 aliphatic heterocycles. The van der Waals surface area contributed by atoms with Gasteiger partial charge in [0, 0.05) is 13.1 Å². The van der Waals surface area contributed by atoms with Gasteiger partial charge in [0.05, 0.1) is 16.1 Å². The average molecular weight is 373 g/mol. The molecule has 1 aromatic carbocycles. The fourth-order valence-electron chi connectivity index (χ4n) is 1.76. The number of hydrogen-bond acceptors (Lipinski definition) is 6. The molecule has 0 aliphatic rings. The second-order valence-corrected chi connectivity index (χ2v) is 7.98. The summed E-state index contributed by atoms with van der Waals surface area (Å²) in [5.41, 5.74) is 0. The molecule has 2 aromatic rings. The van der Waals surface area contributed by atoms with E-state index in [0.29, 0.717) is 0 Å². The summed E-state index contributed by atoms with van der Waals surface area (Å²) >= 11 is 0. The van der Waals surface area contributed by atoms with Crippen LogP contribution in [0.25, 0.3) is 0 Å². The molecule has 0 unspecified atom stereocenters. The van der Waals surface area contributed by atoms with E-state index in [1.807, 2.05) is 0 Å². The van der Waals surface area contributed by atoms with Crippen molar-refractivity contribution >= 4 is 26.0 Å². The Bertz CT molecular complexity index is 920. The number of carbonyl (C=O) groups excluding carboxylic acids is 1. The molecule has 0 bridgehead atoms. The summed E-state index contributed by atoms with van der Waals surface area (Å²) in [7, 11) is -7.95. The minimum Gasteiger partial charge on any atom is -0.459 e. The van der Waals surface area contributed by atoms with Crippen LogP contribution in [-0.4, -0.2) is 35.8 Å². The van der Waals surface area contributed by atoms with Gasteiger partial charge in [-0.05, 0) is 30.3 Å². The first-order valence-corrected chi connectivity index (χ1v) is 9.67. The van der Waals surface area contributed by atoms with Gasteiger partial charge in [-0.3, -0.25) is 4.79 Å². The van der Waals surface area contributed by atoms with Crippen LogP contribution in [0.15, 0.2) is 56.9 Å². The van der Waals surface area contributed by atoms with Crippen LogP contribution in [0.5, 0.6) is 0 Å². The molecule has 1 aromatic heterocycles. The minimum atomic E-state index is -4.01. The standard InChI is InChI=1S/C13H15N3O6S2/c14-23(18,19)10-3-1-4-11(9-10)24(20,21)16-7-6-15-13(17)12-5-2-8-22-12/h1-5,8-9,16H,6-7H2,(H,15,17)(H2,14,18,19). The summed E-state index contributed by atoms with van der Waals surface area (Å²) in [5.74, 6) is -0.367. The van der Waals surface area contributed by atoms with E-state index in [-0.39, 0.29) is 28.6 Å². The maximum atomic E-state index is 12.1.